The number of hydrogen-bond donors (Lipinski definition) is 2. The molecule has 0 atom stereocenters. The van der Waals surface area contributed by atoms with E-state index in [-0.39, 0.29) is 24.1 Å². The van der Waals surface area contributed by atoms with Gasteiger partial charge >= 0.3 is 0 Å². The average molecular weight is 284 g/mol. The lowest BCUT2D eigenvalue weighted by molar-refractivity contribution is -0.116. The second kappa shape index (κ2) is 5.24. The Morgan fingerprint density at radius 2 is 1.90 bits per heavy atom. The summed E-state index contributed by atoms with van der Waals surface area (Å²) in [5, 5.41) is 2.52. The summed E-state index contributed by atoms with van der Waals surface area (Å²) in [7, 11) is 0. The number of nitrogens with two attached hydrogens (primary N) is 1. The Bertz CT molecular complexity index is 812. The molecule has 0 aliphatic rings. The minimum absolute atomic E-state index is 0.0271. The molecule has 6 heteroatoms. The number of nitrogens with one attached hydrogen (secondary N) is 1. The van der Waals surface area contributed by atoms with E-state index in [1.54, 1.807) is 16.7 Å². The summed E-state index contributed by atoms with van der Waals surface area (Å²) in [6, 6.07) is 13.3. The lowest BCUT2D eigenvalue weighted by atomic mass is 10.3. The second-order valence-electron chi connectivity index (χ2n) is 4.57. The maximum Gasteiger partial charge on any atom is 0.244 e. The van der Waals surface area contributed by atoms with Gasteiger partial charge in [-0.1, -0.05) is 24.3 Å². The molecular formula is C15H13FN4O. The number of carbonyl (C=O) groups is 1. The molecule has 3 N–H and O–H groups in total. The van der Waals surface area contributed by atoms with Crippen LogP contribution in [0.2, 0.25) is 0 Å². The van der Waals surface area contributed by atoms with Gasteiger partial charge in [0, 0.05) is 0 Å². The molecule has 1 aromatic heterocycles. The predicted molar refractivity (Wildman–Crippen MR) is 79.2 cm³/mol. The van der Waals surface area contributed by atoms with Crippen LogP contribution >= 0.6 is 0 Å². The number of nitrogen functional groups attached to an aromatic ring is 1. The van der Waals surface area contributed by atoms with E-state index in [9.17, 15) is 9.18 Å². The van der Waals surface area contributed by atoms with Gasteiger partial charge in [0.2, 0.25) is 11.9 Å². The number of fused-ring (bicyclic) bond motifs is 1. The Balaban J connectivity index is 1.84. The van der Waals surface area contributed by atoms with Gasteiger partial charge in [-0.05, 0) is 24.3 Å². The van der Waals surface area contributed by atoms with Gasteiger partial charge in [0.15, 0.2) is 0 Å². The zero-order chi connectivity index (χ0) is 14.8. The fourth-order valence-electron chi connectivity index (χ4n) is 2.16. The van der Waals surface area contributed by atoms with Crippen molar-refractivity contribution < 1.29 is 9.18 Å². The van der Waals surface area contributed by atoms with Crippen LogP contribution in [0.4, 0.5) is 16.0 Å². The Kier molecular flexibility index (Phi) is 3.27. The van der Waals surface area contributed by atoms with Crippen LogP contribution in [-0.2, 0) is 11.3 Å². The summed E-state index contributed by atoms with van der Waals surface area (Å²) >= 11 is 0. The van der Waals surface area contributed by atoms with Crippen LogP contribution in [-0.4, -0.2) is 15.5 Å². The van der Waals surface area contributed by atoms with E-state index in [1.807, 2.05) is 24.3 Å². The molecule has 5 nitrogen and oxygen atoms in total. The second-order valence-corrected chi connectivity index (χ2v) is 4.57. The minimum Gasteiger partial charge on any atom is -0.369 e. The third kappa shape index (κ3) is 2.55. The summed E-state index contributed by atoms with van der Waals surface area (Å²) in [5.74, 6) is -0.593. The van der Waals surface area contributed by atoms with Crippen molar-refractivity contribution in [2.24, 2.45) is 0 Å². The van der Waals surface area contributed by atoms with Crippen LogP contribution in [0.3, 0.4) is 0 Å². The number of rotatable bonds is 3. The molecule has 0 saturated heterocycles. The van der Waals surface area contributed by atoms with Gasteiger partial charge in [0.1, 0.15) is 12.4 Å². The largest absolute Gasteiger partial charge is 0.369 e. The summed E-state index contributed by atoms with van der Waals surface area (Å²) < 4.78 is 15.1. The Labute approximate surface area is 120 Å². The van der Waals surface area contributed by atoms with Gasteiger partial charge in [-0.15, -0.1) is 0 Å². The molecule has 3 aromatic rings. The van der Waals surface area contributed by atoms with Crippen molar-refractivity contribution in [3.8, 4) is 0 Å². The fourth-order valence-corrected chi connectivity index (χ4v) is 2.16. The summed E-state index contributed by atoms with van der Waals surface area (Å²) in [4.78, 5) is 16.2. The highest BCUT2D eigenvalue weighted by molar-refractivity contribution is 5.92. The normalized spacial score (nSPS) is 10.7. The minimum atomic E-state index is -0.477. The standard InChI is InChI=1S/C15H13FN4O/c16-10-5-1-2-6-11(10)18-14(21)9-20-13-8-4-3-7-12(13)19-15(20)17/h1-8H,9H2,(H2,17,19)(H,18,21). The number of imidazole rings is 1. The third-order valence-electron chi connectivity index (χ3n) is 3.13. The number of aromatic nitrogens is 2. The van der Waals surface area contributed by atoms with Crippen molar-refractivity contribution in [2.45, 2.75) is 6.54 Å². The molecule has 0 spiro atoms. The zero-order valence-corrected chi connectivity index (χ0v) is 11.1. The highest BCUT2D eigenvalue weighted by Gasteiger charge is 2.12. The highest BCUT2D eigenvalue weighted by Crippen LogP contribution is 2.18. The Morgan fingerprint density at radius 1 is 1.19 bits per heavy atom. The first-order valence-electron chi connectivity index (χ1n) is 6.40. The Morgan fingerprint density at radius 3 is 2.71 bits per heavy atom. The molecule has 0 aliphatic heterocycles. The number of benzene rings is 2. The van der Waals surface area contributed by atoms with Crippen LogP contribution in [0.1, 0.15) is 0 Å². The zero-order valence-electron chi connectivity index (χ0n) is 11.1. The number of anilines is 2. The number of para-hydroxylation sites is 3. The van der Waals surface area contributed by atoms with E-state index >= 15 is 0 Å². The topological polar surface area (TPSA) is 72.9 Å². The SMILES string of the molecule is Nc1nc2ccccc2n1CC(=O)Nc1ccccc1F. The van der Waals surface area contributed by atoms with Gasteiger partial charge in [0.05, 0.1) is 16.7 Å². The van der Waals surface area contributed by atoms with Crippen molar-refractivity contribution in [3.63, 3.8) is 0 Å². The molecule has 2 aromatic carbocycles. The van der Waals surface area contributed by atoms with E-state index in [4.69, 9.17) is 5.73 Å². The molecular weight excluding hydrogens is 271 g/mol. The maximum atomic E-state index is 13.5. The van der Waals surface area contributed by atoms with Gasteiger partial charge in [-0.25, -0.2) is 9.37 Å². The highest BCUT2D eigenvalue weighted by atomic mass is 19.1. The predicted octanol–water partition coefficient (Wildman–Crippen LogP) is 2.40. The molecule has 1 amide bonds. The lowest BCUT2D eigenvalue weighted by Gasteiger charge is -2.08. The first-order chi connectivity index (χ1) is 10.1. The summed E-state index contributed by atoms with van der Waals surface area (Å²) in [5.41, 5.74) is 7.45. The molecule has 0 unspecified atom stereocenters. The molecule has 0 fully saturated rings. The van der Waals surface area contributed by atoms with Crippen LogP contribution in [0, 0.1) is 5.82 Å². The molecule has 0 saturated carbocycles. The smallest absolute Gasteiger partial charge is 0.244 e. The molecule has 3 rings (SSSR count). The fraction of sp³-hybridized carbons (Fsp3) is 0.0667. The van der Waals surface area contributed by atoms with Gasteiger partial charge < -0.3 is 15.6 Å². The Hall–Kier alpha value is -2.89. The van der Waals surface area contributed by atoms with Crippen molar-refractivity contribution in [1.29, 1.82) is 0 Å². The summed E-state index contributed by atoms with van der Waals surface area (Å²) in [6.45, 7) is -0.0271. The number of nitrogens with zero attached hydrogens (tertiary/aromatic N) is 2. The van der Waals surface area contributed by atoms with Crippen molar-refractivity contribution in [1.82, 2.24) is 9.55 Å². The number of amides is 1. The van der Waals surface area contributed by atoms with E-state index in [0.29, 0.717) is 5.52 Å². The van der Waals surface area contributed by atoms with Crippen LogP contribution in [0.5, 0.6) is 0 Å². The van der Waals surface area contributed by atoms with Crippen LogP contribution in [0.25, 0.3) is 11.0 Å². The monoisotopic (exact) mass is 284 g/mol. The van der Waals surface area contributed by atoms with E-state index in [1.165, 1.54) is 12.1 Å². The number of hydrogen-bond acceptors (Lipinski definition) is 3. The van der Waals surface area contributed by atoms with E-state index in [2.05, 4.69) is 10.3 Å². The molecule has 106 valence electrons. The first-order valence-corrected chi connectivity index (χ1v) is 6.40. The lowest BCUT2D eigenvalue weighted by Crippen LogP contribution is -2.20. The third-order valence-corrected chi connectivity index (χ3v) is 3.13. The maximum absolute atomic E-state index is 13.5. The van der Waals surface area contributed by atoms with Crippen molar-refractivity contribution in [3.05, 3.63) is 54.3 Å². The van der Waals surface area contributed by atoms with Gasteiger partial charge in [0.25, 0.3) is 0 Å². The molecule has 0 bridgehead atoms. The quantitative estimate of drug-likeness (QED) is 0.775. The number of halogens is 1. The first kappa shape index (κ1) is 13.1. The van der Waals surface area contributed by atoms with Gasteiger partial charge in [-0.3, -0.25) is 4.79 Å². The number of carbonyl (C=O) groups excluding carboxylic acids is 1. The molecule has 1 heterocycles. The molecule has 21 heavy (non-hydrogen) atoms. The van der Waals surface area contributed by atoms with Crippen LogP contribution < -0.4 is 11.1 Å². The van der Waals surface area contributed by atoms with E-state index in [0.717, 1.165) is 5.52 Å². The van der Waals surface area contributed by atoms with Crippen molar-refractivity contribution >= 4 is 28.6 Å². The molecule has 0 radical (unpaired) electrons. The average Bonchev–Trinajstić information content (AvgIpc) is 2.78. The van der Waals surface area contributed by atoms with Gasteiger partial charge in [-0.2, -0.15) is 0 Å². The van der Waals surface area contributed by atoms with Crippen LogP contribution in [0.15, 0.2) is 48.5 Å². The van der Waals surface area contributed by atoms with E-state index < -0.39 is 5.82 Å². The summed E-state index contributed by atoms with van der Waals surface area (Å²) in [6.07, 6.45) is 0. The molecule has 0 aliphatic carbocycles. The van der Waals surface area contributed by atoms with Crippen molar-refractivity contribution in [2.75, 3.05) is 11.1 Å².